The minimum Gasteiger partial charge on any atom is -0.381 e. The highest BCUT2D eigenvalue weighted by molar-refractivity contribution is 5.61. The fraction of sp³-hybridized carbons (Fsp3) is 0.471. The third-order valence-electron chi connectivity index (χ3n) is 4.18. The predicted octanol–water partition coefficient (Wildman–Crippen LogP) is 3.68. The summed E-state index contributed by atoms with van der Waals surface area (Å²) in [5.41, 5.74) is 3.57. The SMILES string of the molecule is Cc1c(-c2ccccc2)ncn1CCCC1CCOC1. The molecular formula is C17H22N2O. The minimum absolute atomic E-state index is 0.771. The van der Waals surface area contributed by atoms with Gasteiger partial charge >= 0.3 is 0 Å². The van der Waals surface area contributed by atoms with Gasteiger partial charge in [-0.2, -0.15) is 0 Å². The van der Waals surface area contributed by atoms with Crippen LogP contribution < -0.4 is 0 Å². The lowest BCUT2D eigenvalue weighted by Crippen LogP contribution is -2.04. The molecule has 1 aliphatic heterocycles. The lowest BCUT2D eigenvalue weighted by Gasteiger charge is -2.09. The Labute approximate surface area is 120 Å². The molecule has 2 heterocycles. The molecule has 3 heteroatoms. The molecule has 0 radical (unpaired) electrons. The van der Waals surface area contributed by atoms with Crippen LogP contribution in [0.25, 0.3) is 11.3 Å². The van der Waals surface area contributed by atoms with Crippen molar-refractivity contribution in [1.82, 2.24) is 9.55 Å². The van der Waals surface area contributed by atoms with Crippen LogP contribution in [0.2, 0.25) is 0 Å². The molecule has 1 unspecified atom stereocenters. The highest BCUT2D eigenvalue weighted by Gasteiger charge is 2.15. The van der Waals surface area contributed by atoms with Crippen LogP contribution >= 0.6 is 0 Å². The first-order valence-electron chi connectivity index (χ1n) is 7.49. The van der Waals surface area contributed by atoms with Crippen molar-refractivity contribution in [2.75, 3.05) is 13.2 Å². The van der Waals surface area contributed by atoms with Crippen molar-refractivity contribution in [3.05, 3.63) is 42.4 Å². The highest BCUT2D eigenvalue weighted by atomic mass is 16.5. The fourth-order valence-electron chi connectivity index (χ4n) is 2.91. The molecule has 3 rings (SSSR count). The van der Waals surface area contributed by atoms with Gasteiger partial charge in [-0.1, -0.05) is 30.3 Å². The monoisotopic (exact) mass is 270 g/mol. The van der Waals surface area contributed by atoms with Crippen LogP contribution in [0, 0.1) is 12.8 Å². The van der Waals surface area contributed by atoms with E-state index in [9.17, 15) is 0 Å². The van der Waals surface area contributed by atoms with Gasteiger partial charge in [0.2, 0.25) is 0 Å². The van der Waals surface area contributed by atoms with Gasteiger partial charge in [-0.05, 0) is 32.1 Å². The number of imidazole rings is 1. The molecule has 1 atom stereocenters. The van der Waals surface area contributed by atoms with Gasteiger partial charge in [0, 0.05) is 31.0 Å². The normalized spacial score (nSPS) is 18.6. The first-order chi connectivity index (χ1) is 9.84. The van der Waals surface area contributed by atoms with Crippen LogP contribution in [-0.2, 0) is 11.3 Å². The molecule has 0 aliphatic carbocycles. The van der Waals surface area contributed by atoms with Crippen molar-refractivity contribution in [3.63, 3.8) is 0 Å². The summed E-state index contributed by atoms with van der Waals surface area (Å²) < 4.78 is 7.70. The number of ether oxygens (including phenoxy) is 1. The molecule has 0 spiro atoms. The lowest BCUT2D eigenvalue weighted by molar-refractivity contribution is 0.183. The number of aryl methyl sites for hydroxylation is 1. The van der Waals surface area contributed by atoms with Crippen molar-refractivity contribution >= 4 is 0 Å². The maximum absolute atomic E-state index is 5.43. The molecule has 2 aromatic rings. The second-order valence-electron chi connectivity index (χ2n) is 5.61. The Balaban J connectivity index is 1.62. The summed E-state index contributed by atoms with van der Waals surface area (Å²) in [4.78, 5) is 4.57. The number of hydrogen-bond donors (Lipinski definition) is 0. The molecule has 1 aromatic heterocycles. The van der Waals surface area contributed by atoms with E-state index >= 15 is 0 Å². The average Bonchev–Trinajstić information content (AvgIpc) is 3.11. The number of aromatic nitrogens is 2. The second-order valence-corrected chi connectivity index (χ2v) is 5.61. The molecule has 1 fully saturated rings. The Bertz CT molecular complexity index is 541. The topological polar surface area (TPSA) is 27.1 Å². The van der Waals surface area contributed by atoms with Gasteiger partial charge in [0.15, 0.2) is 0 Å². The van der Waals surface area contributed by atoms with E-state index in [1.54, 1.807) is 0 Å². The van der Waals surface area contributed by atoms with Crippen molar-refractivity contribution in [1.29, 1.82) is 0 Å². The fourth-order valence-corrected chi connectivity index (χ4v) is 2.91. The molecule has 106 valence electrons. The molecular weight excluding hydrogens is 248 g/mol. The Morgan fingerprint density at radius 3 is 2.90 bits per heavy atom. The Hall–Kier alpha value is -1.61. The van der Waals surface area contributed by atoms with Crippen LogP contribution in [0.5, 0.6) is 0 Å². The predicted molar refractivity (Wildman–Crippen MR) is 80.6 cm³/mol. The van der Waals surface area contributed by atoms with E-state index in [4.69, 9.17) is 4.74 Å². The zero-order valence-corrected chi connectivity index (χ0v) is 12.1. The van der Waals surface area contributed by atoms with Gasteiger partial charge in [-0.15, -0.1) is 0 Å². The molecule has 0 amide bonds. The zero-order valence-electron chi connectivity index (χ0n) is 12.1. The smallest absolute Gasteiger partial charge is 0.0955 e. The summed E-state index contributed by atoms with van der Waals surface area (Å²) in [5.74, 6) is 0.771. The van der Waals surface area contributed by atoms with Crippen molar-refractivity contribution < 1.29 is 4.74 Å². The zero-order chi connectivity index (χ0) is 13.8. The Morgan fingerprint density at radius 2 is 2.15 bits per heavy atom. The molecule has 0 bridgehead atoms. The van der Waals surface area contributed by atoms with Crippen LogP contribution in [0.15, 0.2) is 36.7 Å². The summed E-state index contributed by atoms with van der Waals surface area (Å²) in [5, 5.41) is 0. The molecule has 3 nitrogen and oxygen atoms in total. The Morgan fingerprint density at radius 1 is 1.30 bits per heavy atom. The molecule has 20 heavy (non-hydrogen) atoms. The molecule has 0 N–H and O–H groups in total. The third-order valence-corrected chi connectivity index (χ3v) is 4.18. The lowest BCUT2D eigenvalue weighted by atomic mass is 10.0. The number of benzene rings is 1. The first-order valence-corrected chi connectivity index (χ1v) is 7.49. The summed E-state index contributed by atoms with van der Waals surface area (Å²) in [6.45, 7) is 5.13. The largest absolute Gasteiger partial charge is 0.381 e. The van der Waals surface area contributed by atoms with Crippen LogP contribution in [0.3, 0.4) is 0 Å². The van der Waals surface area contributed by atoms with Gasteiger partial charge in [-0.25, -0.2) is 4.98 Å². The minimum atomic E-state index is 0.771. The van der Waals surface area contributed by atoms with E-state index in [0.29, 0.717) is 0 Å². The van der Waals surface area contributed by atoms with E-state index in [2.05, 4.69) is 40.7 Å². The summed E-state index contributed by atoms with van der Waals surface area (Å²) in [6, 6.07) is 10.4. The van der Waals surface area contributed by atoms with Gasteiger partial charge in [0.05, 0.1) is 12.0 Å². The first kappa shape index (κ1) is 13.4. The maximum atomic E-state index is 5.43. The van der Waals surface area contributed by atoms with Gasteiger partial charge < -0.3 is 9.30 Å². The number of nitrogens with zero attached hydrogens (tertiary/aromatic N) is 2. The van der Waals surface area contributed by atoms with Crippen LogP contribution in [-0.4, -0.2) is 22.8 Å². The van der Waals surface area contributed by atoms with Gasteiger partial charge in [0.1, 0.15) is 0 Å². The molecule has 1 aromatic carbocycles. The molecule has 0 saturated carbocycles. The summed E-state index contributed by atoms with van der Waals surface area (Å²) in [6.07, 6.45) is 5.68. The van der Waals surface area contributed by atoms with Crippen molar-refractivity contribution in [2.24, 2.45) is 5.92 Å². The molecule has 1 saturated heterocycles. The summed E-state index contributed by atoms with van der Waals surface area (Å²) >= 11 is 0. The van der Waals surface area contributed by atoms with Crippen LogP contribution in [0.4, 0.5) is 0 Å². The Kier molecular flexibility index (Phi) is 4.16. The molecule has 1 aliphatic rings. The van der Waals surface area contributed by atoms with E-state index in [0.717, 1.165) is 31.4 Å². The van der Waals surface area contributed by atoms with Crippen LogP contribution in [0.1, 0.15) is 25.0 Å². The average molecular weight is 270 g/mol. The van der Waals surface area contributed by atoms with E-state index in [1.807, 2.05) is 12.4 Å². The van der Waals surface area contributed by atoms with E-state index in [-0.39, 0.29) is 0 Å². The van der Waals surface area contributed by atoms with Crippen molar-refractivity contribution in [3.8, 4) is 11.3 Å². The summed E-state index contributed by atoms with van der Waals surface area (Å²) in [7, 11) is 0. The van der Waals surface area contributed by atoms with Crippen molar-refractivity contribution in [2.45, 2.75) is 32.7 Å². The number of hydrogen-bond acceptors (Lipinski definition) is 2. The number of rotatable bonds is 5. The van der Waals surface area contributed by atoms with Gasteiger partial charge in [0.25, 0.3) is 0 Å². The quantitative estimate of drug-likeness (QED) is 0.828. The standard InChI is InChI=1S/C17H22N2O/c1-14-17(16-7-3-2-4-8-16)18-13-19(14)10-5-6-15-9-11-20-12-15/h2-4,7-8,13,15H,5-6,9-12H2,1H3. The second kappa shape index (κ2) is 6.23. The van der Waals surface area contributed by atoms with E-state index in [1.165, 1.54) is 30.5 Å². The highest BCUT2D eigenvalue weighted by Crippen LogP contribution is 2.22. The third kappa shape index (κ3) is 2.93. The van der Waals surface area contributed by atoms with E-state index < -0.39 is 0 Å². The maximum Gasteiger partial charge on any atom is 0.0955 e. The van der Waals surface area contributed by atoms with Gasteiger partial charge in [-0.3, -0.25) is 0 Å².